The normalized spacial score (nSPS) is 21.2. The van der Waals surface area contributed by atoms with E-state index in [1.54, 1.807) is 20.8 Å². The number of hydrogen-bond donors (Lipinski definition) is 1. The van der Waals surface area contributed by atoms with Gasteiger partial charge in [0, 0.05) is 17.5 Å². The van der Waals surface area contributed by atoms with Crippen LogP contribution in [-0.4, -0.2) is 34.8 Å². The summed E-state index contributed by atoms with van der Waals surface area (Å²) in [6.45, 7) is 5.40. The average Bonchev–Trinajstić information content (AvgIpc) is 2.79. The Balaban J connectivity index is 1.67. The fourth-order valence-corrected chi connectivity index (χ4v) is 4.26. The van der Waals surface area contributed by atoms with Gasteiger partial charge in [-0.1, -0.05) is 30.3 Å². The number of rotatable bonds is 6. The lowest BCUT2D eigenvalue weighted by Crippen LogP contribution is -2.54. The number of ether oxygens (including phenoxy) is 3. The molecular formula is C25H30N2O7. The number of nitro groups is 1. The summed E-state index contributed by atoms with van der Waals surface area (Å²) in [5, 5.41) is 10.7. The molecule has 1 atom stereocenters. The lowest BCUT2D eigenvalue weighted by molar-refractivity contribution is -0.384. The van der Waals surface area contributed by atoms with Gasteiger partial charge in [-0.25, -0.2) is 4.79 Å². The zero-order valence-corrected chi connectivity index (χ0v) is 19.6. The van der Waals surface area contributed by atoms with Crippen LogP contribution in [0.25, 0.3) is 0 Å². The van der Waals surface area contributed by atoms with Crippen molar-refractivity contribution in [2.24, 2.45) is 5.73 Å². The first-order valence-electron chi connectivity index (χ1n) is 11.2. The second-order valence-corrected chi connectivity index (χ2v) is 9.45. The van der Waals surface area contributed by atoms with Gasteiger partial charge in [-0.05, 0) is 64.2 Å². The van der Waals surface area contributed by atoms with Crippen molar-refractivity contribution in [3.8, 4) is 5.75 Å². The van der Waals surface area contributed by atoms with Gasteiger partial charge >= 0.3 is 12.1 Å². The van der Waals surface area contributed by atoms with E-state index in [-0.39, 0.29) is 11.4 Å². The van der Waals surface area contributed by atoms with E-state index in [1.807, 2.05) is 30.3 Å². The van der Waals surface area contributed by atoms with Crippen molar-refractivity contribution in [3.05, 3.63) is 70.3 Å². The quantitative estimate of drug-likeness (QED) is 0.279. The summed E-state index contributed by atoms with van der Waals surface area (Å²) < 4.78 is 16.2. The van der Waals surface area contributed by atoms with Gasteiger partial charge in [-0.15, -0.1) is 0 Å². The van der Waals surface area contributed by atoms with Gasteiger partial charge in [0.15, 0.2) is 0 Å². The third-order valence-electron chi connectivity index (χ3n) is 5.94. The molecule has 0 aromatic heterocycles. The third kappa shape index (κ3) is 6.11. The van der Waals surface area contributed by atoms with Gasteiger partial charge in [0.2, 0.25) is 0 Å². The lowest BCUT2D eigenvalue weighted by Gasteiger charge is -2.43. The molecule has 1 aliphatic rings. The van der Waals surface area contributed by atoms with Gasteiger partial charge in [-0.3, -0.25) is 14.9 Å². The molecule has 182 valence electrons. The Hall–Kier alpha value is -3.46. The van der Waals surface area contributed by atoms with Crippen molar-refractivity contribution in [1.82, 2.24) is 0 Å². The molecule has 2 N–H and O–H groups in total. The van der Waals surface area contributed by atoms with Crippen LogP contribution in [0.1, 0.15) is 52.0 Å². The summed E-state index contributed by atoms with van der Waals surface area (Å²) >= 11 is 0. The van der Waals surface area contributed by atoms with Gasteiger partial charge in [0.05, 0.1) is 4.92 Å². The summed E-state index contributed by atoms with van der Waals surface area (Å²) in [6.07, 6.45) is 0.720. The van der Waals surface area contributed by atoms with Gasteiger partial charge in [0.25, 0.3) is 5.69 Å². The molecule has 0 radical (unpaired) electrons. The Morgan fingerprint density at radius 2 is 1.65 bits per heavy atom. The molecule has 2 aromatic rings. The molecule has 1 unspecified atom stereocenters. The van der Waals surface area contributed by atoms with E-state index in [1.165, 1.54) is 24.3 Å². The molecule has 2 aromatic carbocycles. The van der Waals surface area contributed by atoms with Crippen LogP contribution in [0.3, 0.4) is 0 Å². The van der Waals surface area contributed by atoms with Crippen LogP contribution in [0.4, 0.5) is 10.5 Å². The number of nitro benzene ring substituents is 1. The van der Waals surface area contributed by atoms with Crippen LogP contribution in [0.2, 0.25) is 0 Å². The number of nitrogens with two attached hydrogens (primary N) is 1. The maximum absolute atomic E-state index is 12.9. The molecule has 9 heteroatoms. The summed E-state index contributed by atoms with van der Waals surface area (Å²) in [7, 11) is 0. The first kappa shape index (κ1) is 25.2. The van der Waals surface area contributed by atoms with Gasteiger partial charge < -0.3 is 19.9 Å². The summed E-state index contributed by atoms with van der Waals surface area (Å²) in [4.78, 5) is 35.3. The second kappa shape index (κ2) is 10.2. The number of esters is 1. The SMILES string of the molecule is CC(C)(C)OC(=O)C(N)[C@]1(c2ccccc2)CC[C@@H](OC(=O)Oc2ccc([N+](=O)[O-])cc2)CC1. The molecule has 3 rings (SSSR count). The largest absolute Gasteiger partial charge is 0.514 e. The number of carbonyl (C=O) groups is 2. The highest BCUT2D eigenvalue weighted by atomic mass is 16.7. The van der Waals surface area contributed by atoms with Gasteiger partial charge in [-0.2, -0.15) is 0 Å². The Morgan fingerprint density at radius 3 is 2.18 bits per heavy atom. The Morgan fingerprint density at radius 1 is 1.06 bits per heavy atom. The second-order valence-electron chi connectivity index (χ2n) is 9.45. The van der Waals surface area contributed by atoms with E-state index in [4.69, 9.17) is 19.9 Å². The highest BCUT2D eigenvalue weighted by Crippen LogP contribution is 2.43. The monoisotopic (exact) mass is 470 g/mol. The number of carbonyl (C=O) groups excluding carboxylic acids is 2. The zero-order valence-electron chi connectivity index (χ0n) is 19.6. The fraction of sp³-hybridized carbons (Fsp3) is 0.440. The van der Waals surface area contributed by atoms with E-state index < -0.39 is 40.2 Å². The van der Waals surface area contributed by atoms with Crippen LogP contribution in [-0.2, 0) is 19.7 Å². The van der Waals surface area contributed by atoms with E-state index in [0.29, 0.717) is 25.7 Å². The molecule has 0 spiro atoms. The Labute approximate surface area is 198 Å². The highest BCUT2D eigenvalue weighted by molar-refractivity contribution is 5.78. The van der Waals surface area contributed by atoms with Gasteiger partial charge in [0.1, 0.15) is 23.5 Å². The fourth-order valence-electron chi connectivity index (χ4n) is 4.26. The van der Waals surface area contributed by atoms with Crippen molar-refractivity contribution < 1.29 is 28.7 Å². The summed E-state index contributed by atoms with van der Waals surface area (Å²) in [5.74, 6) is -0.315. The number of hydrogen-bond acceptors (Lipinski definition) is 8. The first-order valence-corrected chi connectivity index (χ1v) is 11.2. The van der Waals surface area contributed by atoms with E-state index in [9.17, 15) is 19.7 Å². The minimum atomic E-state index is -0.887. The molecule has 0 bridgehead atoms. The van der Waals surface area contributed by atoms with Crippen LogP contribution in [0.5, 0.6) is 5.75 Å². The molecule has 0 saturated heterocycles. The van der Waals surface area contributed by atoms with E-state index in [2.05, 4.69) is 0 Å². The maximum atomic E-state index is 12.9. The molecule has 0 aliphatic heterocycles. The van der Waals surface area contributed by atoms with E-state index in [0.717, 1.165) is 5.56 Å². The first-order chi connectivity index (χ1) is 16.0. The van der Waals surface area contributed by atoms with Crippen LogP contribution < -0.4 is 10.5 Å². The standard InChI is InChI=1S/C25H30N2O7/c1-24(2,3)34-22(28)21(26)25(17-7-5-4-6-8-17)15-13-20(14-16-25)33-23(29)32-19-11-9-18(10-12-19)27(30)31/h4-12,20-21H,13-16,26H2,1-3H3/t20-,21?,25-. The van der Waals surface area contributed by atoms with Crippen LogP contribution in [0, 0.1) is 10.1 Å². The average molecular weight is 471 g/mol. The number of non-ortho nitro benzene ring substituents is 1. The molecular weight excluding hydrogens is 440 g/mol. The number of benzene rings is 2. The predicted molar refractivity (Wildman–Crippen MR) is 124 cm³/mol. The van der Waals surface area contributed by atoms with Crippen molar-refractivity contribution >= 4 is 17.8 Å². The minimum absolute atomic E-state index is 0.105. The smallest absolute Gasteiger partial charge is 0.459 e. The summed E-state index contributed by atoms with van der Waals surface area (Å²) in [5.41, 5.74) is 6.03. The molecule has 0 amide bonds. The maximum Gasteiger partial charge on any atom is 0.514 e. The van der Waals surface area contributed by atoms with E-state index >= 15 is 0 Å². The molecule has 34 heavy (non-hydrogen) atoms. The Kier molecular flexibility index (Phi) is 7.56. The van der Waals surface area contributed by atoms with Crippen LogP contribution in [0.15, 0.2) is 54.6 Å². The molecule has 9 nitrogen and oxygen atoms in total. The predicted octanol–water partition coefficient (Wildman–Crippen LogP) is 4.66. The topological polar surface area (TPSA) is 131 Å². The van der Waals surface area contributed by atoms with Crippen molar-refractivity contribution in [3.63, 3.8) is 0 Å². The van der Waals surface area contributed by atoms with Crippen molar-refractivity contribution in [1.29, 1.82) is 0 Å². The minimum Gasteiger partial charge on any atom is -0.459 e. The van der Waals surface area contributed by atoms with Crippen molar-refractivity contribution in [2.45, 2.75) is 69.6 Å². The lowest BCUT2D eigenvalue weighted by atomic mass is 9.64. The molecule has 1 fully saturated rings. The molecule has 0 heterocycles. The summed E-state index contributed by atoms with van der Waals surface area (Å²) in [6, 6.07) is 13.9. The van der Waals surface area contributed by atoms with Crippen molar-refractivity contribution in [2.75, 3.05) is 0 Å². The highest BCUT2D eigenvalue weighted by Gasteiger charge is 2.47. The van der Waals surface area contributed by atoms with Crippen LogP contribution >= 0.6 is 0 Å². The number of nitrogens with zero attached hydrogens (tertiary/aromatic N) is 1. The third-order valence-corrected chi connectivity index (χ3v) is 5.94. The molecule has 1 saturated carbocycles. The zero-order chi connectivity index (χ0) is 24.9. The molecule has 1 aliphatic carbocycles. The Bertz CT molecular complexity index is 1010.